The molecule has 1 aromatic carbocycles. The molecule has 3 atom stereocenters. The maximum Gasteiger partial charge on any atom is 0.126 e. The number of hydrogen-bond donors (Lipinski definition) is 1. The summed E-state index contributed by atoms with van der Waals surface area (Å²) < 4.78 is 14.9. The van der Waals surface area contributed by atoms with E-state index in [2.05, 4.69) is 35.1 Å². The van der Waals surface area contributed by atoms with Crippen molar-refractivity contribution in [1.29, 1.82) is 0 Å². The summed E-state index contributed by atoms with van der Waals surface area (Å²) in [5.74, 6) is 1.40. The molecule has 2 rings (SSSR count). The van der Waals surface area contributed by atoms with Crippen LogP contribution < -0.4 is 5.32 Å². The standard InChI is InChI=1S/C17H25BrFN/c1-3-20-17(13-6-4-5-12(2)9-13)11-14-10-15(18)7-8-16(14)19/h7-8,10,12-13,17,20H,3-6,9,11H2,1-2H3. The van der Waals surface area contributed by atoms with E-state index in [9.17, 15) is 4.39 Å². The molecular formula is C17H25BrFN. The molecule has 0 aromatic heterocycles. The van der Waals surface area contributed by atoms with Gasteiger partial charge in [-0.25, -0.2) is 4.39 Å². The van der Waals surface area contributed by atoms with Crippen LogP contribution in [0, 0.1) is 17.7 Å². The Balaban J connectivity index is 2.10. The summed E-state index contributed by atoms with van der Waals surface area (Å²) in [6.45, 7) is 5.43. The normalized spacial score (nSPS) is 24.6. The first kappa shape index (κ1) is 16.0. The minimum absolute atomic E-state index is 0.0834. The number of halogens is 2. The van der Waals surface area contributed by atoms with Crippen LogP contribution >= 0.6 is 15.9 Å². The number of likely N-dealkylation sites (N-methyl/N-ethyl adjacent to an activating group) is 1. The number of benzene rings is 1. The molecule has 0 amide bonds. The van der Waals surface area contributed by atoms with Crippen LogP contribution in [0.5, 0.6) is 0 Å². The first-order valence-corrected chi connectivity index (χ1v) is 8.56. The highest BCUT2D eigenvalue weighted by molar-refractivity contribution is 9.10. The molecule has 3 heteroatoms. The minimum atomic E-state index is -0.0834. The first-order valence-electron chi connectivity index (χ1n) is 7.77. The fraction of sp³-hybridized carbons (Fsp3) is 0.647. The smallest absolute Gasteiger partial charge is 0.126 e. The summed E-state index contributed by atoms with van der Waals surface area (Å²) in [5.41, 5.74) is 0.823. The molecule has 3 unspecified atom stereocenters. The van der Waals surface area contributed by atoms with Gasteiger partial charge in [0.1, 0.15) is 5.82 Å². The Morgan fingerprint density at radius 3 is 2.90 bits per heavy atom. The number of nitrogens with one attached hydrogen (secondary N) is 1. The Kier molecular flexibility index (Phi) is 6.03. The van der Waals surface area contributed by atoms with Crippen molar-refractivity contribution in [3.8, 4) is 0 Å². The van der Waals surface area contributed by atoms with Gasteiger partial charge in [-0.05, 0) is 61.4 Å². The zero-order valence-corrected chi connectivity index (χ0v) is 14.0. The van der Waals surface area contributed by atoms with Gasteiger partial charge < -0.3 is 5.32 Å². The van der Waals surface area contributed by atoms with Crippen molar-refractivity contribution < 1.29 is 4.39 Å². The molecule has 20 heavy (non-hydrogen) atoms. The molecule has 1 N–H and O–H groups in total. The Hall–Kier alpha value is -0.410. The molecule has 0 aliphatic heterocycles. The van der Waals surface area contributed by atoms with Crippen LogP contribution in [0.3, 0.4) is 0 Å². The number of hydrogen-bond acceptors (Lipinski definition) is 1. The first-order chi connectivity index (χ1) is 9.60. The van der Waals surface area contributed by atoms with E-state index >= 15 is 0 Å². The lowest BCUT2D eigenvalue weighted by atomic mass is 9.77. The van der Waals surface area contributed by atoms with E-state index < -0.39 is 0 Å². The van der Waals surface area contributed by atoms with Gasteiger partial charge in [-0.1, -0.05) is 42.6 Å². The van der Waals surface area contributed by atoms with Crippen molar-refractivity contribution >= 4 is 15.9 Å². The third-order valence-corrected chi connectivity index (χ3v) is 4.95. The van der Waals surface area contributed by atoms with E-state index in [1.54, 1.807) is 12.1 Å². The van der Waals surface area contributed by atoms with Gasteiger partial charge >= 0.3 is 0 Å². The second-order valence-corrected chi connectivity index (χ2v) is 7.05. The minimum Gasteiger partial charge on any atom is -0.314 e. The predicted octanol–water partition coefficient (Wildman–Crippen LogP) is 4.94. The van der Waals surface area contributed by atoms with Crippen LogP contribution in [0.1, 0.15) is 45.1 Å². The maximum atomic E-state index is 14.0. The van der Waals surface area contributed by atoms with Gasteiger partial charge in [-0.2, -0.15) is 0 Å². The van der Waals surface area contributed by atoms with Crippen LogP contribution in [0.4, 0.5) is 4.39 Å². The van der Waals surface area contributed by atoms with Crippen LogP contribution in [-0.4, -0.2) is 12.6 Å². The Morgan fingerprint density at radius 2 is 2.20 bits per heavy atom. The lowest BCUT2D eigenvalue weighted by Crippen LogP contribution is -2.40. The highest BCUT2D eigenvalue weighted by Gasteiger charge is 2.26. The molecule has 0 bridgehead atoms. The third-order valence-electron chi connectivity index (χ3n) is 4.46. The molecule has 1 nitrogen and oxygen atoms in total. The van der Waals surface area contributed by atoms with Gasteiger partial charge in [0.25, 0.3) is 0 Å². The largest absolute Gasteiger partial charge is 0.314 e. The van der Waals surface area contributed by atoms with E-state index in [4.69, 9.17) is 0 Å². The Morgan fingerprint density at radius 1 is 1.40 bits per heavy atom. The highest BCUT2D eigenvalue weighted by Crippen LogP contribution is 2.32. The summed E-state index contributed by atoms with van der Waals surface area (Å²) in [7, 11) is 0. The molecule has 0 radical (unpaired) electrons. The van der Waals surface area contributed by atoms with Gasteiger partial charge in [0.15, 0.2) is 0 Å². The van der Waals surface area contributed by atoms with Gasteiger partial charge in [0, 0.05) is 10.5 Å². The fourth-order valence-electron chi connectivity index (χ4n) is 3.45. The maximum absolute atomic E-state index is 14.0. The molecule has 0 saturated heterocycles. The van der Waals surface area contributed by atoms with Gasteiger partial charge in [0.2, 0.25) is 0 Å². The molecule has 1 aliphatic rings. The molecule has 1 aromatic rings. The topological polar surface area (TPSA) is 12.0 Å². The van der Waals surface area contributed by atoms with Crippen molar-refractivity contribution in [3.63, 3.8) is 0 Å². The van der Waals surface area contributed by atoms with Gasteiger partial charge in [0.05, 0.1) is 0 Å². The zero-order valence-electron chi connectivity index (χ0n) is 12.5. The van der Waals surface area contributed by atoms with Crippen molar-refractivity contribution in [2.75, 3.05) is 6.54 Å². The summed E-state index contributed by atoms with van der Waals surface area (Å²) in [4.78, 5) is 0. The van der Waals surface area contributed by atoms with Crippen LogP contribution in [-0.2, 0) is 6.42 Å². The lowest BCUT2D eigenvalue weighted by Gasteiger charge is -2.34. The van der Waals surface area contributed by atoms with E-state index in [1.165, 1.54) is 25.7 Å². The summed E-state index contributed by atoms with van der Waals surface area (Å²) >= 11 is 3.44. The molecule has 1 aliphatic carbocycles. The van der Waals surface area contributed by atoms with Gasteiger partial charge in [-0.15, -0.1) is 0 Å². The Bertz CT molecular complexity index is 435. The highest BCUT2D eigenvalue weighted by atomic mass is 79.9. The zero-order chi connectivity index (χ0) is 14.5. The fourth-order valence-corrected chi connectivity index (χ4v) is 3.86. The van der Waals surface area contributed by atoms with E-state index in [1.807, 2.05) is 6.07 Å². The van der Waals surface area contributed by atoms with Gasteiger partial charge in [-0.3, -0.25) is 0 Å². The average molecular weight is 342 g/mol. The second kappa shape index (κ2) is 7.56. The van der Waals surface area contributed by atoms with Crippen LogP contribution in [0.25, 0.3) is 0 Å². The molecular weight excluding hydrogens is 317 g/mol. The quantitative estimate of drug-likeness (QED) is 0.800. The SMILES string of the molecule is CCNC(Cc1cc(Br)ccc1F)C1CCCC(C)C1. The number of rotatable bonds is 5. The average Bonchev–Trinajstić information content (AvgIpc) is 2.42. The van der Waals surface area contributed by atoms with Crippen molar-refractivity contribution in [2.45, 2.75) is 52.0 Å². The van der Waals surface area contributed by atoms with Crippen LogP contribution in [0.2, 0.25) is 0 Å². The summed E-state index contributed by atoms with van der Waals surface area (Å²) in [6.07, 6.45) is 6.00. The van der Waals surface area contributed by atoms with Crippen molar-refractivity contribution in [1.82, 2.24) is 5.32 Å². The summed E-state index contributed by atoms with van der Waals surface area (Å²) in [5, 5.41) is 3.59. The molecule has 1 fully saturated rings. The molecule has 0 heterocycles. The monoisotopic (exact) mass is 341 g/mol. The molecule has 0 spiro atoms. The van der Waals surface area contributed by atoms with Crippen molar-refractivity contribution in [3.05, 3.63) is 34.1 Å². The third kappa shape index (κ3) is 4.29. The van der Waals surface area contributed by atoms with E-state index in [-0.39, 0.29) is 5.82 Å². The Labute approximate surface area is 130 Å². The second-order valence-electron chi connectivity index (χ2n) is 6.14. The van der Waals surface area contributed by atoms with E-state index in [0.717, 1.165) is 28.9 Å². The van der Waals surface area contributed by atoms with Crippen molar-refractivity contribution in [2.24, 2.45) is 11.8 Å². The molecule has 112 valence electrons. The van der Waals surface area contributed by atoms with Crippen LogP contribution in [0.15, 0.2) is 22.7 Å². The lowest BCUT2D eigenvalue weighted by molar-refractivity contribution is 0.222. The predicted molar refractivity (Wildman–Crippen MR) is 86.4 cm³/mol. The van der Waals surface area contributed by atoms with E-state index in [0.29, 0.717) is 12.0 Å². The summed E-state index contributed by atoms with van der Waals surface area (Å²) in [6, 6.07) is 5.65. The molecule has 1 saturated carbocycles.